The van der Waals surface area contributed by atoms with Crippen molar-refractivity contribution in [3.63, 3.8) is 0 Å². The Balaban J connectivity index is -0.000000578. The Kier molecular flexibility index (Phi) is 21.0. The monoisotopic (exact) mass is 370 g/mol. The molecule has 8 nitrogen and oxygen atoms in total. The van der Waals surface area contributed by atoms with Crippen molar-refractivity contribution in [1.82, 2.24) is 0 Å². The Labute approximate surface area is 152 Å². The van der Waals surface area contributed by atoms with E-state index in [2.05, 4.69) is 11.1 Å². The summed E-state index contributed by atoms with van der Waals surface area (Å²) >= 11 is 0. The fourth-order valence-electron chi connectivity index (χ4n) is 1.75. The normalized spacial score (nSPS) is 11.3. The van der Waals surface area contributed by atoms with Gasteiger partial charge in [-0.05, 0) is 6.42 Å². The number of rotatable bonds is 12. The number of hydrogen-bond acceptors (Lipinski definition) is 6. The second-order valence-corrected chi connectivity index (χ2v) is 6.81. The van der Waals surface area contributed by atoms with Crippen LogP contribution in [0, 0.1) is 0 Å². The average molecular weight is 370 g/mol. The molecule has 23 heavy (non-hydrogen) atoms. The zero-order valence-electron chi connectivity index (χ0n) is 13.9. The van der Waals surface area contributed by atoms with E-state index in [1.807, 2.05) is 0 Å². The van der Waals surface area contributed by atoms with Crippen molar-refractivity contribution in [2.75, 3.05) is 6.61 Å². The van der Waals surface area contributed by atoms with Crippen LogP contribution in [0.1, 0.15) is 71.1 Å². The summed E-state index contributed by atoms with van der Waals surface area (Å²) in [4.78, 5) is 0. The smallest absolute Gasteiger partial charge is 0.726 e. The molecule has 11 heteroatoms. The molecule has 0 aliphatic carbocycles. The van der Waals surface area contributed by atoms with Gasteiger partial charge in [0.25, 0.3) is 0 Å². The largest absolute Gasteiger partial charge is 1.00 e. The second kappa shape index (κ2) is 17.2. The quantitative estimate of drug-likeness (QED) is 0.207. The van der Waals surface area contributed by atoms with Gasteiger partial charge < -0.3 is 4.55 Å². The van der Waals surface area contributed by atoms with Gasteiger partial charge in [-0.15, -0.1) is 0 Å². The predicted octanol–water partition coefficient (Wildman–Crippen LogP) is -0.265. The number of hydrogen-bond donors (Lipinski definition) is 2. The van der Waals surface area contributed by atoms with Crippen molar-refractivity contribution in [2.24, 2.45) is 0 Å². The molecular weight excluding hydrogens is 343 g/mol. The minimum absolute atomic E-state index is 0. The van der Waals surface area contributed by atoms with E-state index in [0.29, 0.717) is 6.42 Å². The molecule has 0 aromatic rings. The van der Waals surface area contributed by atoms with E-state index in [1.165, 1.54) is 44.9 Å². The molecule has 0 aliphatic heterocycles. The molecule has 0 rings (SSSR count). The molecule has 0 aliphatic rings. The average Bonchev–Trinajstić information content (AvgIpc) is 2.32. The van der Waals surface area contributed by atoms with Crippen LogP contribution in [0.25, 0.3) is 0 Å². The Morgan fingerprint density at radius 1 is 0.783 bits per heavy atom. The van der Waals surface area contributed by atoms with Gasteiger partial charge in [-0.2, -0.15) is 8.42 Å². The van der Waals surface area contributed by atoms with Crippen LogP contribution in [-0.4, -0.2) is 37.1 Å². The first-order valence-corrected chi connectivity index (χ1v) is 10.1. The Hall–Kier alpha value is 0.337. The van der Waals surface area contributed by atoms with Crippen molar-refractivity contribution < 1.29 is 53.5 Å². The van der Waals surface area contributed by atoms with Crippen LogP contribution in [0.3, 0.4) is 0 Å². The second-order valence-electron chi connectivity index (χ2n) is 4.86. The SMILES string of the molecule is CCCCCCCCCCCCOS(=O)(=O)O.O=S(=O)([O-])O.[Li+]. The summed E-state index contributed by atoms with van der Waals surface area (Å²) in [6, 6.07) is 0. The van der Waals surface area contributed by atoms with Gasteiger partial charge >= 0.3 is 29.3 Å². The molecule has 0 unspecified atom stereocenters. The molecule has 0 saturated carbocycles. The fourth-order valence-corrected chi connectivity index (χ4v) is 2.08. The summed E-state index contributed by atoms with van der Waals surface area (Å²) < 4.78 is 65.8. The van der Waals surface area contributed by atoms with E-state index in [0.717, 1.165) is 12.8 Å². The van der Waals surface area contributed by atoms with E-state index in [9.17, 15) is 8.42 Å². The molecule has 0 fully saturated rings. The van der Waals surface area contributed by atoms with Crippen LogP contribution in [0.5, 0.6) is 0 Å². The third-order valence-corrected chi connectivity index (χ3v) is 3.19. The maximum atomic E-state index is 10.2. The fraction of sp³-hybridized carbons (Fsp3) is 1.00. The van der Waals surface area contributed by atoms with Crippen molar-refractivity contribution >= 4 is 20.8 Å². The van der Waals surface area contributed by atoms with Crippen LogP contribution in [0.4, 0.5) is 0 Å². The molecule has 0 radical (unpaired) electrons. The molecular formula is C12H27LiO8S2. The minimum Gasteiger partial charge on any atom is -0.726 e. The van der Waals surface area contributed by atoms with Gasteiger partial charge in [0.05, 0.1) is 6.61 Å². The predicted molar refractivity (Wildman–Crippen MR) is 81.7 cm³/mol. The van der Waals surface area contributed by atoms with E-state index in [4.69, 9.17) is 22.1 Å². The molecule has 0 heterocycles. The summed E-state index contributed by atoms with van der Waals surface area (Å²) in [7, 11) is -9.15. The molecule has 0 bridgehead atoms. The Morgan fingerprint density at radius 2 is 1.09 bits per heavy atom. The summed E-state index contributed by atoms with van der Waals surface area (Å²) in [6.07, 6.45) is 11.9. The van der Waals surface area contributed by atoms with E-state index in [1.54, 1.807) is 0 Å². The first-order valence-electron chi connectivity index (χ1n) is 7.36. The van der Waals surface area contributed by atoms with Crippen molar-refractivity contribution in [3.8, 4) is 0 Å². The molecule has 0 amide bonds. The van der Waals surface area contributed by atoms with Crippen LogP contribution in [-0.2, 0) is 25.0 Å². The van der Waals surface area contributed by atoms with Crippen molar-refractivity contribution in [3.05, 3.63) is 0 Å². The van der Waals surface area contributed by atoms with Gasteiger partial charge in [0, 0.05) is 0 Å². The van der Waals surface area contributed by atoms with Crippen molar-refractivity contribution in [1.29, 1.82) is 0 Å². The first kappa shape index (κ1) is 28.2. The summed E-state index contributed by atoms with van der Waals surface area (Å²) in [5, 5.41) is 0. The topological polar surface area (TPSA) is 141 Å². The van der Waals surface area contributed by atoms with Gasteiger partial charge in [-0.3, -0.25) is 9.11 Å². The molecule has 0 aromatic carbocycles. The van der Waals surface area contributed by atoms with E-state index >= 15 is 0 Å². The van der Waals surface area contributed by atoms with Crippen LogP contribution < -0.4 is 18.9 Å². The molecule has 0 spiro atoms. The third kappa shape index (κ3) is 44.9. The summed E-state index contributed by atoms with van der Waals surface area (Å²) in [5.74, 6) is 0. The Morgan fingerprint density at radius 3 is 1.39 bits per heavy atom. The minimum atomic E-state index is -4.92. The van der Waals surface area contributed by atoms with E-state index < -0.39 is 20.8 Å². The van der Waals surface area contributed by atoms with Gasteiger partial charge in [0.15, 0.2) is 0 Å². The van der Waals surface area contributed by atoms with Gasteiger partial charge in [0.1, 0.15) is 0 Å². The standard InChI is InChI=1S/C12H26O4S.Li.H2O4S/c1-2-3-4-5-6-7-8-9-10-11-12-16-17(13,14)15;;1-5(2,3)4/h2-12H2,1H3,(H,13,14,15);;(H2,1,2,3,4)/q;+1;/p-1. The van der Waals surface area contributed by atoms with Gasteiger partial charge in [0.2, 0.25) is 10.4 Å². The maximum absolute atomic E-state index is 10.2. The maximum Gasteiger partial charge on any atom is 1.00 e. The Bertz CT molecular complexity index is 428. The first-order chi connectivity index (χ1) is 10.1. The van der Waals surface area contributed by atoms with E-state index in [-0.39, 0.29) is 25.5 Å². The van der Waals surface area contributed by atoms with Crippen LogP contribution >= 0.6 is 0 Å². The summed E-state index contributed by atoms with van der Waals surface area (Å²) in [6.45, 7) is 2.31. The molecule has 0 saturated heterocycles. The molecule has 0 aromatic heterocycles. The zero-order valence-corrected chi connectivity index (χ0v) is 15.6. The molecule has 136 valence electrons. The zero-order chi connectivity index (χ0) is 17.5. The third-order valence-electron chi connectivity index (χ3n) is 2.73. The van der Waals surface area contributed by atoms with Crippen LogP contribution in [0.2, 0.25) is 0 Å². The van der Waals surface area contributed by atoms with Gasteiger partial charge in [-0.1, -0.05) is 64.7 Å². The van der Waals surface area contributed by atoms with Crippen LogP contribution in [0.15, 0.2) is 0 Å². The van der Waals surface area contributed by atoms with Crippen molar-refractivity contribution in [2.45, 2.75) is 71.1 Å². The number of unbranched alkanes of at least 4 members (excludes halogenated alkanes) is 9. The molecule has 0 atom stereocenters. The molecule has 2 N–H and O–H groups in total. The summed E-state index contributed by atoms with van der Waals surface area (Å²) in [5.41, 5.74) is 0. The van der Waals surface area contributed by atoms with Gasteiger partial charge in [-0.25, -0.2) is 12.6 Å².